The molecule has 0 aromatic heterocycles. The van der Waals surface area contributed by atoms with E-state index in [2.05, 4.69) is 378 Å². The molecule has 0 saturated heterocycles. The van der Waals surface area contributed by atoms with Crippen molar-refractivity contribution in [3.8, 4) is 33.4 Å². The van der Waals surface area contributed by atoms with E-state index in [-0.39, 0.29) is 6.04 Å². The molecule has 0 spiro atoms. The molecule has 0 fully saturated rings. The van der Waals surface area contributed by atoms with Crippen LogP contribution in [-0.4, -0.2) is 6.04 Å². The summed E-state index contributed by atoms with van der Waals surface area (Å²) in [4.78, 5) is 9.70. The van der Waals surface area contributed by atoms with E-state index in [9.17, 15) is 0 Å². The van der Waals surface area contributed by atoms with Crippen molar-refractivity contribution in [1.29, 1.82) is 0 Å². The molecule has 3 unspecified atom stereocenters. The summed E-state index contributed by atoms with van der Waals surface area (Å²) in [6, 6.07) is 95.9. The van der Waals surface area contributed by atoms with Gasteiger partial charge in [0.05, 0.1) is 6.04 Å². The van der Waals surface area contributed by atoms with E-state index in [1.807, 2.05) is 0 Å². The molecule has 0 amide bonds. The van der Waals surface area contributed by atoms with Crippen LogP contribution in [0.1, 0.15) is 73.5 Å². The largest absolute Gasteiger partial charge is 0.338 e. The summed E-state index contributed by atoms with van der Waals surface area (Å²) in [5.74, 6) is 0.836. The van der Waals surface area contributed by atoms with Gasteiger partial charge in [-0.1, -0.05) is 243 Å². The van der Waals surface area contributed by atoms with Gasteiger partial charge in [0.15, 0.2) is 0 Å². The molecule has 10 aromatic rings. The van der Waals surface area contributed by atoms with Gasteiger partial charge < -0.3 is 19.6 Å². The van der Waals surface area contributed by atoms with Gasteiger partial charge in [-0.15, -0.1) is 0 Å². The molecule has 0 bridgehead atoms. The molecule has 94 heavy (non-hydrogen) atoms. The lowest BCUT2D eigenvalue weighted by atomic mass is 9.91. The molecule has 0 radical (unpaired) electrons. The Bertz CT molecular complexity index is 4560. The highest BCUT2D eigenvalue weighted by Gasteiger charge is 2.25. The van der Waals surface area contributed by atoms with Crippen LogP contribution < -0.4 is 19.6 Å². The number of para-hydroxylation sites is 2. The van der Waals surface area contributed by atoms with Gasteiger partial charge in [-0.2, -0.15) is 0 Å². The summed E-state index contributed by atoms with van der Waals surface area (Å²) in [6.07, 6.45) is 43.8. The number of benzene rings is 10. The molecule has 4 heteroatoms. The van der Waals surface area contributed by atoms with E-state index in [0.29, 0.717) is 11.8 Å². The molecule has 0 heterocycles. The topological polar surface area (TPSA) is 13.0 Å². The lowest BCUT2D eigenvalue weighted by Gasteiger charge is -2.36. The molecule has 0 N–H and O–H groups in total. The van der Waals surface area contributed by atoms with Crippen LogP contribution in [-0.2, 0) is 0 Å². The summed E-state index contributed by atoms with van der Waals surface area (Å²) >= 11 is 0. The Morgan fingerprint density at radius 2 is 0.691 bits per heavy atom. The van der Waals surface area contributed by atoms with Gasteiger partial charge in [-0.3, -0.25) is 0 Å². The summed E-state index contributed by atoms with van der Waals surface area (Å²) in [5, 5.41) is 0. The van der Waals surface area contributed by atoms with E-state index in [1.54, 1.807) is 0 Å². The third-order valence-corrected chi connectivity index (χ3v) is 19.0. The Hall–Kier alpha value is -11.2. The van der Waals surface area contributed by atoms with Gasteiger partial charge in [0.25, 0.3) is 0 Å². The number of anilines is 8. The predicted molar refractivity (Wildman–Crippen MR) is 399 cm³/mol. The van der Waals surface area contributed by atoms with Gasteiger partial charge in [-0.25, -0.2) is 0 Å². The molecule has 10 aromatic carbocycles. The van der Waals surface area contributed by atoms with Gasteiger partial charge in [-0.05, 0) is 216 Å². The SMILES string of the molecule is C1=CCCC(N(C2=CCC(c3ccccc3)C=C2)c2ccc(-c3ccc(N(c4ccccc4)c4ccc(-c5ccc(-c6ccc(N(c7ccccc7)c7ccc(C8=CCC(N(C9=CC=CCC9)c9ccc(C%10C=CC=CC%10)cc9)C=C8)cc7)cc6)cc5)cc4)cc3)cc2)=C1. The average molecular weight is 1210 g/mol. The first-order valence-corrected chi connectivity index (χ1v) is 33.5. The van der Waals surface area contributed by atoms with Crippen LogP contribution >= 0.6 is 0 Å². The Morgan fingerprint density at radius 3 is 1.12 bits per heavy atom. The fourth-order valence-corrected chi connectivity index (χ4v) is 14.0. The lowest BCUT2D eigenvalue weighted by molar-refractivity contribution is 0.721. The van der Waals surface area contributed by atoms with Crippen molar-refractivity contribution in [1.82, 2.24) is 0 Å². The predicted octanol–water partition coefficient (Wildman–Crippen LogP) is 24.3. The summed E-state index contributed by atoms with van der Waals surface area (Å²) in [5.41, 5.74) is 25.3. The van der Waals surface area contributed by atoms with Gasteiger partial charge >= 0.3 is 0 Å². The van der Waals surface area contributed by atoms with E-state index in [4.69, 9.17) is 0 Å². The molecule has 5 aliphatic rings. The van der Waals surface area contributed by atoms with Crippen LogP contribution in [0.5, 0.6) is 0 Å². The molecular weight excluding hydrogens is 1140 g/mol. The highest BCUT2D eigenvalue weighted by molar-refractivity contribution is 5.84. The van der Waals surface area contributed by atoms with Crippen molar-refractivity contribution in [3.05, 3.63) is 392 Å². The zero-order valence-corrected chi connectivity index (χ0v) is 53.0. The van der Waals surface area contributed by atoms with Crippen molar-refractivity contribution in [2.75, 3.05) is 19.6 Å². The normalized spacial score (nSPS) is 17.2. The van der Waals surface area contributed by atoms with Crippen LogP contribution in [0, 0.1) is 0 Å². The Labute approximate surface area is 555 Å². The Balaban J connectivity index is 0.614. The maximum atomic E-state index is 2.56. The van der Waals surface area contributed by atoms with Crippen LogP contribution in [0.25, 0.3) is 39.0 Å². The summed E-state index contributed by atoms with van der Waals surface area (Å²) < 4.78 is 0. The van der Waals surface area contributed by atoms with Crippen molar-refractivity contribution < 1.29 is 0 Å². The van der Waals surface area contributed by atoms with Crippen LogP contribution in [0.3, 0.4) is 0 Å². The second-order valence-electron chi connectivity index (χ2n) is 24.9. The lowest BCUT2D eigenvalue weighted by Crippen LogP contribution is -2.34. The van der Waals surface area contributed by atoms with E-state index in [0.717, 1.165) is 79.1 Å². The fraction of sp³-hybridized carbons (Fsp3) is 0.111. The molecule has 0 saturated carbocycles. The van der Waals surface area contributed by atoms with E-state index >= 15 is 0 Å². The van der Waals surface area contributed by atoms with Crippen molar-refractivity contribution in [2.45, 2.75) is 62.8 Å². The standard InChI is InChI=1S/C90H76N4/c1-7-19-67(20-8-1)71-35-51-83(52-36-71)91(79-23-11-3-12-24-79)87-59-43-75(44-60-87)77-47-63-89(64-48-77)93(81-27-15-5-16-28-81)85-55-39-73(40-56-85)69-31-33-70(34-32-69)74-41-57-86(58-42-74)94(82-29-17-6-18-30-82)90-65-49-78(50-66-90)76-45-61-88(62-46-76)92(80-25-13-4-14-26-80)84-53-37-72(38-54-84)68-21-9-2-10-22-68/h1-11,13,15-21,23,25,27-35,37-61,63-66,68,71,88H,12,14,22,24,26,36,62H2. The first-order chi connectivity index (χ1) is 46.6. The van der Waals surface area contributed by atoms with E-state index < -0.39 is 0 Å². The molecule has 5 aliphatic carbocycles. The van der Waals surface area contributed by atoms with Crippen molar-refractivity contribution in [3.63, 3.8) is 0 Å². The minimum absolute atomic E-state index is 0.237. The van der Waals surface area contributed by atoms with Crippen LogP contribution in [0.2, 0.25) is 0 Å². The highest BCUT2D eigenvalue weighted by Crippen LogP contribution is 2.42. The maximum absolute atomic E-state index is 2.56. The molecule has 3 atom stereocenters. The summed E-state index contributed by atoms with van der Waals surface area (Å²) in [7, 11) is 0. The minimum atomic E-state index is 0.237. The number of allylic oxidation sites excluding steroid dienone is 17. The Kier molecular flexibility index (Phi) is 17.4. The summed E-state index contributed by atoms with van der Waals surface area (Å²) in [6.45, 7) is 0. The molecule has 456 valence electrons. The average Bonchev–Trinajstić information content (AvgIpc) is 0.972. The number of hydrogen-bond donors (Lipinski definition) is 0. The first-order valence-electron chi connectivity index (χ1n) is 33.5. The first kappa shape index (κ1) is 59.1. The smallest absolute Gasteiger partial charge is 0.0557 e. The van der Waals surface area contributed by atoms with E-state index in [1.165, 1.54) is 84.1 Å². The fourth-order valence-electron chi connectivity index (χ4n) is 14.0. The zero-order valence-electron chi connectivity index (χ0n) is 53.0. The Morgan fingerprint density at radius 1 is 0.277 bits per heavy atom. The molecule has 4 nitrogen and oxygen atoms in total. The van der Waals surface area contributed by atoms with Gasteiger partial charge in [0.1, 0.15) is 0 Å². The quantitative estimate of drug-likeness (QED) is 0.0849. The van der Waals surface area contributed by atoms with Crippen LogP contribution in [0.4, 0.5) is 45.5 Å². The maximum Gasteiger partial charge on any atom is 0.0557 e. The third kappa shape index (κ3) is 13.0. The van der Waals surface area contributed by atoms with Gasteiger partial charge in [0, 0.05) is 74.4 Å². The number of nitrogens with zero attached hydrogens (tertiary/aromatic N) is 4. The molecule has 15 rings (SSSR count). The zero-order chi connectivity index (χ0) is 62.8. The monoisotopic (exact) mass is 1210 g/mol. The molecular formula is C90H76N4. The third-order valence-electron chi connectivity index (χ3n) is 19.0. The number of hydrogen-bond acceptors (Lipinski definition) is 4. The van der Waals surface area contributed by atoms with Crippen LogP contribution in [0.15, 0.2) is 375 Å². The van der Waals surface area contributed by atoms with Crippen molar-refractivity contribution in [2.24, 2.45) is 0 Å². The van der Waals surface area contributed by atoms with Crippen molar-refractivity contribution >= 4 is 51.1 Å². The van der Waals surface area contributed by atoms with Gasteiger partial charge in [0.2, 0.25) is 0 Å². The molecule has 0 aliphatic heterocycles. The second kappa shape index (κ2) is 27.7. The number of rotatable bonds is 18. The minimum Gasteiger partial charge on any atom is -0.338 e. The highest BCUT2D eigenvalue weighted by atomic mass is 15.2. The second-order valence-corrected chi connectivity index (χ2v) is 24.9.